The number of nitrogens with one attached hydrogen (secondary N) is 1. The molecule has 1 aromatic rings. The van der Waals surface area contributed by atoms with E-state index in [1.807, 2.05) is 0 Å². The standard InChI is InChI=1S/C12H17FN2O2S/c1-8-4-10(8)7-15-18(16,17)12-3-2-9(6-14)5-11(12)13/h2-3,5,8,10,15H,4,6-7,14H2,1H3. The Morgan fingerprint density at radius 3 is 2.67 bits per heavy atom. The first-order chi connectivity index (χ1) is 8.44. The van der Waals surface area contributed by atoms with Gasteiger partial charge in [0.1, 0.15) is 10.7 Å². The first-order valence-electron chi connectivity index (χ1n) is 5.92. The van der Waals surface area contributed by atoms with Gasteiger partial charge in [0.15, 0.2) is 0 Å². The SMILES string of the molecule is CC1CC1CNS(=O)(=O)c1ccc(CN)cc1F. The van der Waals surface area contributed by atoms with Gasteiger partial charge < -0.3 is 5.73 Å². The molecule has 0 amide bonds. The lowest BCUT2D eigenvalue weighted by molar-refractivity contribution is 0.552. The Labute approximate surface area is 106 Å². The number of halogens is 1. The van der Waals surface area contributed by atoms with E-state index in [-0.39, 0.29) is 11.4 Å². The highest BCUT2D eigenvalue weighted by molar-refractivity contribution is 7.89. The predicted molar refractivity (Wildman–Crippen MR) is 66.8 cm³/mol. The summed E-state index contributed by atoms with van der Waals surface area (Å²) in [6.07, 6.45) is 1.02. The molecule has 1 aliphatic rings. The van der Waals surface area contributed by atoms with Crippen LogP contribution in [0.3, 0.4) is 0 Å². The molecule has 2 atom stereocenters. The molecule has 4 nitrogen and oxygen atoms in total. The molecule has 1 saturated carbocycles. The lowest BCUT2D eigenvalue weighted by Crippen LogP contribution is -2.27. The summed E-state index contributed by atoms with van der Waals surface area (Å²) in [5, 5.41) is 0. The van der Waals surface area contributed by atoms with Crippen molar-refractivity contribution in [3.05, 3.63) is 29.6 Å². The van der Waals surface area contributed by atoms with Crippen LogP contribution in [-0.4, -0.2) is 15.0 Å². The smallest absolute Gasteiger partial charge is 0.243 e. The maximum atomic E-state index is 13.7. The third-order valence-electron chi connectivity index (χ3n) is 3.33. The van der Waals surface area contributed by atoms with Gasteiger partial charge in [-0.3, -0.25) is 0 Å². The second-order valence-corrected chi connectivity index (χ2v) is 6.53. The van der Waals surface area contributed by atoms with Crippen LogP contribution in [-0.2, 0) is 16.6 Å². The zero-order chi connectivity index (χ0) is 13.3. The maximum Gasteiger partial charge on any atom is 0.243 e. The van der Waals surface area contributed by atoms with Gasteiger partial charge in [-0.2, -0.15) is 0 Å². The average molecular weight is 272 g/mol. The molecule has 0 spiro atoms. The molecule has 2 unspecified atom stereocenters. The minimum absolute atomic E-state index is 0.185. The van der Waals surface area contributed by atoms with Crippen molar-refractivity contribution in [1.29, 1.82) is 0 Å². The lowest BCUT2D eigenvalue weighted by atomic mass is 10.2. The summed E-state index contributed by atoms with van der Waals surface area (Å²) in [5.74, 6) is 0.178. The highest BCUT2D eigenvalue weighted by Crippen LogP contribution is 2.37. The van der Waals surface area contributed by atoms with E-state index in [1.54, 1.807) is 0 Å². The minimum atomic E-state index is -3.76. The van der Waals surface area contributed by atoms with Crippen molar-refractivity contribution in [1.82, 2.24) is 4.72 Å². The molecular weight excluding hydrogens is 255 g/mol. The summed E-state index contributed by atoms with van der Waals surface area (Å²) in [6.45, 7) is 2.63. The number of sulfonamides is 1. The van der Waals surface area contributed by atoms with E-state index in [9.17, 15) is 12.8 Å². The van der Waals surface area contributed by atoms with Crippen molar-refractivity contribution in [3.8, 4) is 0 Å². The number of benzene rings is 1. The highest BCUT2D eigenvalue weighted by Gasteiger charge is 2.33. The Morgan fingerprint density at radius 2 is 2.17 bits per heavy atom. The van der Waals surface area contributed by atoms with Crippen LogP contribution in [0.5, 0.6) is 0 Å². The molecule has 100 valence electrons. The molecule has 0 aromatic heterocycles. The van der Waals surface area contributed by atoms with Crippen LogP contribution < -0.4 is 10.5 Å². The fourth-order valence-electron chi connectivity index (χ4n) is 1.87. The maximum absolute atomic E-state index is 13.7. The second kappa shape index (κ2) is 4.95. The van der Waals surface area contributed by atoms with Crippen molar-refractivity contribution in [2.75, 3.05) is 6.54 Å². The molecule has 6 heteroatoms. The van der Waals surface area contributed by atoms with Crippen molar-refractivity contribution in [3.63, 3.8) is 0 Å². The van der Waals surface area contributed by atoms with Gasteiger partial charge in [-0.1, -0.05) is 13.0 Å². The molecule has 0 radical (unpaired) electrons. The number of nitrogens with two attached hydrogens (primary N) is 1. The van der Waals surface area contributed by atoms with E-state index < -0.39 is 15.8 Å². The highest BCUT2D eigenvalue weighted by atomic mass is 32.2. The van der Waals surface area contributed by atoms with Gasteiger partial charge in [-0.25, -0.2) is 17.5 Å². The molecule has 0 bridgehead atoms. The fraction of sp³-hybridized carbons (Fsp3) is 0.500. The van der Waals surface area contributed by atoms with E-state index in [4.69, 9.17) is 5.73 Å². The molecule has 1 aromatic carbocycles. The van der Waals surface area contributed by atoms with Crippen molar-refractivity contribution >= 4 is 10.0 Å². The fourth-order valence-corrected chi connectivity index (χ4v) is 3.02. The summed E-state index contributed by atoms with van der Waals surface area (Å²) in [6, 6.07) is 3.95. The number of rotatable bonds is 5. The van der Waals surface area contributed by atoms with Crippen LogP contribution >= 0.6 is 0 Å². The van der Waals surface area contributed by atoms with Gasteiger partial charge in [0, 0.05) is 13.1 Å². The largest absolute Gasteiger partial charge is 0.326 e. The van der Waals surface area contributed by atoms with Crippen molar-refractivity contribution < 1.29 is 12.8 Å². The third-order valence-corrected chi connectivity index (χ3v) is 4.79. The van der Waals surface area contributed by atoms with E-state index in [0.717, 1.165) is 12.5 Å². The van der Waals surface area contributed by atoms with Gasteiger partial charge in [0.25, 0.3) is 0 Å². The summed E-state index contributed by atoms with van der Waals surface area (Å²) in [7, 11) is -3.76. The lowest BCUT2D eigenvalue weighted by Gasteiger charge is -2.08. The Hall–Kier alpha value is -0.980. The number of hydrogen-bond donors (Lipinski definition) is 2. The Bertz CT molecular complexity index is 545. The molecule has 3 N–H and O–H groups in total. The zero-order valence-electron chi connectivity index (χ0n) is 10.2. The molecule has 1 fully saturated rings. The van der Waals surface area contributed by atoms with Crippen molar-refractivity contribution in [2.45, 2.75) is 24.8 Å². The van der Waals surface area contributed by atoms with E-state index in [0.29, 0.717) is 23.9 Å². The van der Waals surface area contributed by atoms with Gasteiger partial charge >= 0.3 is 0 Å². The first-order valence-corrected chi connectivity index (χ1v) is 7.40. The van der Waals surface area contributed by atoms with E-state index >= 15 is 0 Å². The zero-order valence-corrected chi connectivity index (χ0v) is 11.0. The molecule has 0 heterocycles. The second-order valence-electron chi connectivity index (χ2n) is 4.79. The predicted octanol–water partition coefficient (Wildman–Crippen LogP) is 1.22. The topological polar surface area (TPSA) is 72.2 Å². The molecular formula is C12H17FN2O2S. The number of hydrogen-bond acceptors (Lipinski definition) is 3. The molecule has 2 rings (SSSR count). The van der Waals surface area contributed by atoms with Gasteiger partial charge in [0.05, 0.1) is 0 Å². The van der Waals surface area contributed by atoms with Crippen LogP contribution in [0.15, 0.2) is 23.1 Å². The Balaban J connectivity index is 2.13. The van der Waals surface area contributed by atoms with Crippen molar-refractivity contribution in [2.24, 2.45) is 17.6 Å². The summed E-state index contributed by atoms with van der Waals surface area (Å²) in [5.41, 5.74) is 5.94. The monoisotopic (exact) mass is 272 g/mol. The van der Waals surface area contributed by atoms with Crippen LogP contribution in [0.1, 0.15) is 18.9 Å². The Morgan fingerprint density at radius 1 is 1.50 bits per heavy atom. The molecule has 18 heavy (non-hydrogen) atoms. The van der Waals surface area contributed by atoms with Gasteiger partial charge in [-0.05, 0) is 36.0 Å². The van der Waals surface area contributed by atoms with Gasteiger partial charge in [-0.15, -0.1) is 0 Å². The molecule has 1 aliphatic carbocycles. The first kappa shape index (κ1) is 13.5. The van der Waals surface area contributed by atoms with Gasteiger partial charge in [0.2, 0.25) is 10.0 Å². The van der Waals surface area contributed by atoms with Crippen LogP contribution in [0, 0.1) is 17.7 Å². The minimum Gasteiger partial charge on any atom is -0.326 e. The summed E-state index contributed by atoms with van der Waals surface area (Å²) >= 11 is 0. The molecule has 0 saturated heterocycles. The van der Waals surface area contributed by atoms with Crippen LogP contribution in [0.25, 0.3) is 0 Å². The summed E-state index contributed by atoms with van der Waals surface area (Å²) < 4.78 is 39.9. The average Bonchev–Trinajstić information content (AvgIpc) is 3.02. The van der Waals surface area contributed by atoms with E-state index in [1.165, 1.54) is 12.1 Å². The summed E-state index contributed by atoms with van der Waals surface area (Å²) in [4.78, 5) is -0.312. The van der Waals surface area contributed by atoms with Crippen LogP contribution in [0.4, 0.5) is 4.39 Å². The van der Waals surface area contributed by atoms with E-state index in [2.05, 4.69) is 11.6 Å². The van der Waals surface area contributed by atoms with Crippen LogP contribution in [0.2, 0.25) is 0 Å². The molecule has 0 aliphatic heterocycles. The normalized spacial score (nSPS) is 23.1. The third kappa shape index (κ3) is 2.88. The quantitative estimate of drug-likeness (QED) is 0.846. The Kier molecular flexibility index (Phi) is 3.70.